The lowest BCUT2D eigenvalue weighted by atomic mass is 10.1. The van der Waals surface area contributed by atoms with Crippen molar-refractivity contribution in [1.29, 1.82) is 0 Å². The highest BCUT2D eigenvalue weighted by Gasteiger charge is 2.15. The fourth-order valence-corrected chi connectivity index (χ4v) is 3.12. The van der Waals surface area contributed by atoms with Crippen LogP contribution in [0.2, 0.25) is 5.02 Å². The van der Waals surface area contributed by atoms with Gasteiger partial charge in [0, 0.05) is 22.1 Å². The summed E-state index contributed by atoms with van der Waals surface area (Å²) in [7, 11) is 0. The highest BCUT2D eigenvalue weighted by atomic mass is 35.5. The summed E-state index contributed by atoms with van der Waals surface area (Å²) >= 11 is 6.12. The summed E-state index contributed by atoms with van der Waals surface area (Å²) in [6.45, 7) is 1.50. The topological polar surface area (TPSA) is 71.2 Å². The molecule has 0 saturated carbocycles. The molecule has 2 aromatic carbocycles. The number of H-pyrrole nitrogens is 1. The highest BCUT2D eigenvalue weighted by Crippen LogP contribution is 2.22. The Kier molecular flexibility index (Phi) is 5.58. The predicted octanol–water partition coefficient (Wildman–Crippen LogP) is 3.78. The van der Waals surface area contributed by atoms with E-state index in [1.807, 2.05) is 49.4 Å². The average molecular weight is 371 g/mol. The molecule has 134 valence electrons. The molecule has 6 heteroatoms. The second-order valence-electron chi connectivity index (χ2n) is 6.01. The number of carbonyl (C=O) groups excluding carboxylic acids is 2. The molecule has 0 aliphatic heterocycles. The summed E-state index contributed by atoms with van der Waals surface area (Å²) in [5.41, 5.74) is 2.62. The Morgan fingerprint density at radius 2 is 1.88 bits per heavy atom. The molecule has 0 aliphatic carbocycles. The average Bonchev–Trinajstić information content (AvgIpc) is 3.03. The Bertz CT molecular complexity index is 935. The van der Waals surface area contributed by atoms with Gasteiger partial charge >= 0.3 is 5.97 Å². The Hall–Kier alpha value is -2.79. The number of nitrogens with one attached hydrogen (secondary N) is 2. The van der Waals surface area contributed by atoms with Crippen LogP contribution in [0.25, 0.3) is 10.9 Å². The molecule has 2 N–H and O–H groups in total. The number of ether oxygens (including phenoxy) is 1. The van der Waals surface area contributed by atoms with Crippen LogP contribution in [0.1, 0.15) is 24.1 Å². The van der Waals surface area contributed by atoms with E-state index >= 15 is 0 Å². The third-order valence-corrected chi connectivity index (χ3v) is 4.47. The number of aromatic amines is 1. The highest BCUT2D eigenvalue weighted by molar-refractivity contribution is 6.31. The van der Waals surface area contributed by atoms with Gasteiger partial charge in [-0.05, 0) is 30.2 Å². The van der Waals surface area contributed by atoms with E-state index in [4.69, 9.17) is 16.3 Å². The molecular formula is C20H19ClN2O3. The monoisotopic (exact) mass is 370 g/mol. The fraction of sp³-hybridized carbons (Fsp3) is 0.200. The van der Waals surface area contributed by atoms with E-state index in [-0.39, 0.29) is 25.0 Å². The van der Waals surface area contributed by atoms with Gasteiger partial charge in [-0.2, -0.15) is 0 Å². The van der Waals surface area contributed by atoms with E-state index in [0.717, 1.165) is 22.0 Å². The van der Waals surface area contributed by atoms with Gasteiger partial charge in [-0.1, -0.05) is 48.0 Å². The zero-order valence-corrected chi connectivity index (χ0v) is 15.0. The summed E-state index contributed by atoms with van der Waals surface area (Å²) in [4.78, 5) is 27.2. The number of rotatable bonds is 6. The molecule has 0 spiro atoms. The maximum atomic E-state index is 12.0. The van der Waals surface area contributed by atoms with Gasteiger partial charge in [0.05, 0.1) is 12.5 Å². The normalized spacial score (nSPS) is 11.9. The van der Waals surface area contributed by atoms with Crippen LogP contribution in [0.3, 0.4) is 0 Å². The van der Waals surface area contributed by atoms with Crippen molar-refractivity contribution in [3.63, 3.8) is 0 Å². The molecule has 1 heterocycles. The lowest BCUT2D eigenvalue weighted by molar-refractivity contribution is -0.148. The first-order valence-electron chi connectivity index (χ1n) is 8.29. The Morgan fingerprint density at radius 3 is 2.69 bits per heavy atom. The molecule has 0 fully saturated rings. The van der Waals surface area contributed by atoms with E-state index in [1.54, 1.807) is 12.3 Å². The first kappa shape index (κ1) is 18.0. The first-order valence-corrected chi connectivity index (χ1v) is 8.67. The molecule has 3 rings (SSSR count). The zero-order valence-electron chi connectivity index (χ0n) is 14.3. The molecule has 1 aromatic heterocycles. The van der Waals surface area contributed by atoms with Crippen molar-refractivity contribution in [2.45, 2.75) is 19.4 Å². The first-order chi connectivity index (χ1) is 12.5. The quantitative estimate of drug-likeness (QED) is 0.648. The lowest BCUT2D eigenvalue weighted by Crippen LogP contribution is -2.31. The molecule has 0 unspecified atom stereocenters. The number of esters is 1. The minimum absolute atomic E-state index is 0.108. The van der Waals surface area contributed by atoms with Gasteiger partial charge in [-0.25, -0.2) is 0 Å². The summed E-state index contributed by atoms with van der Waals surface area (Å²) in [5.74, 6) is -0.819. The third kappa shape index (κ3) is 4.24. The van der Waals surface area contributed by atoms with E-state index < -0.39 is 5.97 Å². The molecule has 0 aliphatic rings. The van der Waals surface area contributed by atoms with Crippen molar-refractivity contribution in [2.24, 2.45) is 0 Å². The predicted molar refractivity (Wildman–Crippen MR) is 101 cm³/mol. The number of benzene rings is 2. The van der Waals surface area contributed by atoms with Gasteiger partial charge in [0.2, 0.25) is 0 Å². The SMILES string of the molecule is C[C@@H](NC(=O)COC(=O)Cc1c[nH]c2ccccc12)c1ccccc1Cl. The summed E-state index contributed by atoms with van der Waals surface area (Å²) in [6, 6.07) is 14.7. The number of para-hydroxylation sites is 1. The van der Waals surface area contributed by atoms with E-state index in [0.29, 0.717) is 5.02 Å². The minimum atomic E-state index is -0.449. The largest absolute Gasteiger partial charge is 0.455 e. The number of aromatic nitrogens is 1. The van der Waals surface area contributed by atoms with Crippen molar-refractivity contribution >= 4 is 34.4 Å². The Morgan fingerprint density at radius 1 is 1.15 bits per heavy atom. The van der Waals surface area contributed by atoms with Crippen LogP contribution in [0.4, 0.5) is 0 Å². The maximum Gasteiger partial charge on any atom is 0.310 e. The number of fused-ring (bicyclic) bond motifs is 1. The van der Waals surface area contributed by atoms with E-state index in [1.165, 1.54) is 0 Å². The molecule has 1 atom stereocenters. The summed E-state index contributed by atoms with van der Waals surface area (Å²) in [5, 5.41) is 4.33. The van der Waals surface area contributed by atoms with E-state index in [2.05, 4.69) is 10.3 Å². The number of hydrogen-bond donors (Lipinski definition) is 2. The molecule has 0 saturated heterocycles. The number of hydrogen-bond acceptors (Lipinski definition) is 3. The van der Waals surface area contributed by atoms with Crippen molar-refractivity contribution in [3.05, 3.63) is 70.9 Å². The zero-order chi connectivity index (χ0) is 18.5. The van der Waals surface area contributed by atoms with Crippen LogP contribution in [-0.4, -0.2) is 23.5 Å². The van der Waals surface area contributed by atoms with Gasteiger partial charge < -0.3 is 15.0 Å². The van der Waals surface area contributed by atoms with Gasteiger partial charge in [-0.15, -0.1) is 0 Å². The van der Waals surface area contributed by atoms with E-state index in [9.17, 15) is 9.59 Å². The molecule has 5 nitrogen and oxygen atoms in total. The van der Waals surface area contributed by atoms with Crippen LogP contribution in [-0.2, 0) is 20.7 Å². The lowest BCUT2D eigenvalue weighted by Gasteiger charge is -2.15. The smallest absolute Gasteiger partial charge is 0.310 e. The van der Waals surface area contributed by atoms with Crippen LogP contribution >= 0.6 is 11.6 Å². The number of amides is 1. The van der Waals surface area contributed by atoms with Crippen molar-refractivity contribution in [2.75, 3.05) is 6.61 Å². The number of carbonyl (C=O) groups is 2. The van der Waals surface area contributed by atoms with Crippen molar-refractivity contribution < 1.29 is 14.3 Å². The molecular weight excluding hydrogens is 352 g/mol. The third-order valence-electron chi connectivity index (χ3n) is 4.12. The van der Waals surface area contributed by atoms with Crippen molar-refractivity contribution in [1.82, 2.24) is 10.3 Å². The van der Waals surface area contributed by atoms with Gasteiger partial charge in [0.25, 0.3) is 5.91 Å². The van der Waals surface area contributed by atoms with Crippen LogP contribution in [0.5, 0.6) is 0 Å². The molecule has 0 bridgehead atoms. The second-order valence-corrected chi connectivity index (χ2v) is 6.41. The van der Waals surface area contributed by atoms with Crippen LogP contribution in [0.15, 0.2) is 54.7 Å². The minimum Gasteiger partial charge on any atom is -0.455 e. The van der Waals surface area contributed by atoms with Crippen LogP contribution < -0.4 is 5.32 Å². The molecule has 3 aromatic rings. The summed E-state index contributed by atoms with van der Waals surface area (Å²) < 4.78 is 5.10. The molecule has 0 radical (unpaired) electrons. The summed E-state index contributed by atoms with van der Waals surface area (Å²) in [6.07, 6.45) is 1.89. The van der Waals surface area contributed by atoms with Crippen LogP contribution in [0, 0.1) is 0 Å². The Labute approximate surface area is 156 Å². The Balaban J connectivity index is 1.51. The van der Waals surface area contributed by atoms with Crippen molar-refractivity contribution in [3.8, 4) is 0 Å². The van der Waals surface area contributed by atoms with Gasteiger partial charge in [0.15, 0.2) is 6.61 Å². The second kappa shape index (κ2) is 8.06. The molecule has 26 heavy (non-hydrogen) atoms. The fourth-order valence-electron chi connectivity index (χ4n) is 2.82. The van der Waals surface area contributed by atoms with Gasteiger partial charge in [0.1, 0.15) is 0 Å². The number of halogens is 1. The molecule has 1 amide bonds. The van der Waals surface area contributed by atoms with Gasteiger partial charge in [-0.3, -0.25) is 9.59 Å². The standard InChI is InChI=1S/C20H19ClN2O3/c1-13(15-6-2-4-8-17(15)21)23-19(24)12-26-20(25)10-14-11-22-18-9-5-3-7-16(14)18/h2-9,11,13,22H,10,12H2,1H3,(H,23,24)/t13-/m1/s1. The maximum absolute atomic E-state index is 12.0.